The van der Waals surface area contributed by atoms with Crippen LogP contribution < -0.4 is 9.47 Å². The maximum absolute atomic E-state index is 12.4. The van der Waals surface area contributed by atoms with Crippen molar-refractivity contribution in [2.24, 2.45) is 0 Å². The van der Waals surface area contributed by atoms with Gasteiger partial charge in [0.15, 0.2) is 0 Å². The third-order valence-electron chi connectivity index (χ3n) is 6.80. The zero-order chi connectivity index (χ0) is 35.3. The molecule has 4 aromatic carbocycles. The van der Waals surface area contributed by atoms with E-state index in [1.165, 1.54) is 49.6 Å². The molecule has 1 N–H and O–H groups in total. The smallest absolute Gasteiger partial charge is 0.478 e. The summed E-state index contributed by atoms with van der Waals surface area (Å²) in [5, 5.41) is 10.6. The topological polar surface area (TPSA) is 108 Å². The molecule has 2 aromatic heterocycles. The van der Waals surface area contributed by atoms with Gasteiger partial charge in [0.25, 0.3) is 0 Å². The Morgan fingerprint density at radius 1 is 0.592 bits per heavy atom. The SMILES string of the molecule is COC(=O)c1cccc2ccc(-c3cccc(OC(F)(F)F)c3)nc12.O=C(O)c1cccc2ccc(-c3cccc(OC(F)(F)F)c3)nc12. The number of para-hydroxylation sites is 2. The average molecular weight is 681 g/mol. The third-order valence-corrected chi connectivity index (χ3v) is 6.80. The Labute approximate surface area is 273 Å². The second kappa shape index (κ2) is 13.9. The van der Waals surface area contributed by atoms with Crippen LogP contribution in [0, 0.1) is 0 Å². The van der Waals surface area contributed by atoms with Gasteiger partial charge in [-0.05, 0) is 48.5 Å². The highest BCUT2D eigenvalue weighted by atomic mass is 19.4. The van der Waals surface area contributed by atoms with Crippen molar-refractivity contribution in [3.63, 3.8) is 0 Å². The number of pyridine rings is 2. The number of halogens is 6. The Kier molecular flexibility index (Phi) is 9.69. The fraction of sp³-hybridized carbons (Fsp3) is 0.0857. The summed E-state index contributed by atoms with van der Waals surface area (Å²) in [6.45, 7) is 0. The maximum Gasteiger partial charge on any atom is 0.573 e. The number of carboxylic acid groups (broad SMARTS) is 1. The lowest BCUT2D eigenvalue weighted by Gasteiger charge is -2.10. The maximum atomic E-state index is 12.4. The van der Waals surface area contributed by atoms with Crippen LogP contribution in [0.1, 0.15) is 20.7 Å². The van der Waals surface area contributed by atoms with E-state index in [0.29, 0.717) is 38.8 Å². The largest absolute Gasteiger partial charge is 0.573 e. The standard InChI is InChI=1S/C18H12F3NO3.C17H10F3NO3/c1-24-17(23)14-7-3-4-11-8-9-15(22-16(11)14)12-5-2-6-13(10-12)25-18(19,20)21;18-17(19,20)24-12-5-1-4-11(9-12)14-8-7-10-3-2-6-13(16(22)23)15(10)21-14/h2-10H,1H3;1-9H,(H,22,23). The number of benzene rings is 4. The molecule has 0 atom stereocenters. The van der Waals surface area contributed by atoms with Crippen LogP contribution in [-0.4, -0.2) is 46.8 Å². The number of hydrogen-bond donors (Lipinski definition) is 1. The van der Waals surface area contributed by atoms with Crippen LogP contribution in [0.4, 0.5) is 26.3 Å². The first-order valence-corrected chi connectivity index (χ1v) is 14.0. The lowest BCUT2D eigenvalue weighted by atomic mass is 10.1. The van der Waals surface area contributed by atoms with Crippen LogP contribution >= 0.6 is 0 Å². The van der Waals surface area contributed by atoms with Crippen molar-refractivity contribution in [3.8, 4) is 34.0 Å². The molecule has 0 saturated carbocycles. The van der Waals surface area contributed by atoms with Gasteiger partial charge < -0.3 is 19.3 Å². The molecule has 6 rings (SSSR count). The Morgan fingerprint density at radius 2 is 1.02 bits per heavy atom. The molecule has 250 valence electrons. The number of hydrogen-bond acceptors (Lipinski definition) is 7. The minimum absolute atomic E-state index is 0.0250. The predicted octanol–water partition coefficient (Wildman–Crippen LogP) is 9.09. The van der Waals surface area contributed by atoms with Crippen molar-refractivity contribution >= 4 is 33.7 Å². The molecular weight excluding hydrogens is 658 g/mol. The Bertz CT molecular complexity index is 2170. The molecule has 0 aliphatic rings. The lowest BCUT2D eigenvalue weighted by Crippen LogP contribution is -2.17. The Balaban J connectivity index is 0.000000191. The fourth-order valence-corrected chi connectivity index (χ4v) is 4.77. The molecule has 0 aliphatic carbocycles. The van der Waals surface area contributed by atoms with Gasteiger partial charge in [-0.2, -0.15) is 0 Å². The molecule has 0 saturated heterocycles. The van der Waals surface area contributed by atoms with Gasteiger partial charge in [0.05, 0.1) is 40.7 Å². The molecule has 14 heteroatoms. The number of carboxylic acids is 1. The average Bonchev–Trinajstić information content (AvgIpc) is 3.06. The molecule has 0 amide bonds. The summed E-state index contributed by atoms with van der Waals surface area (Å²) in [5.41, 5.74) is 2.57. The number of aromatic carboxylic acids is 1. The first-order valence-electron chi connectivity index (χ1n) is 14.0. The van der Waals surface area contributed by atoms with Crippen LogP contribution in [-0.2, 0) is 4.74 Å². The molecule has 2 heterocycles. The van der Waals surface area contributed by atoms with Crippen LogP contribution in [0.3, 0.4) is 0 Å². The van der Waals surface area contributed by atoms with Crippen LogP contribution in [0.25, 0.3) is 44.3 Å². The van der Waals surface area contributed by atoms with E-state index >= 15 is 0 Å². The molecule has 0 radical (unpaired) electrons. The van der Waals surface area contributed by atoms with Crippen LogP contribution in [0.5, 0.6) is 11.5 Å². The van der Waals surface area contributed by atoms with Crippen molar-refractivity contribution in [2.75, 3.05) is 7.11 Å². The third kappa shape index (κ3) is 8.60. The molecule has 0 aliphatic heterocycles. The van der Waals surface area contributed by atoms with Gasteiger partial charge in [0, 0.05) is 21.9 Å². The first-order chi connectivity index (χ1) is 23.2. The Morgan fingerprint density at radius 3 is 1.45 bits per heavy atom. The van der Waals surface area contributed by atoms with Gasteiger partial charge in [-0.15, -0.1) is 26.3 Å². The van der Waals surface area contributed by atoms with Crippen molar-refractivity contribution in [2.45, 2.75) is 12.7 Å². The summed E-state index contributed by atoms with van der Waals surface area (Å²) in [6, 6.07) is 27.3. The Hall–Kier alpha value is -6.18. The summed E-state index contributed by atoms with van der Waals surface area (Å²) in [7, 11) is 1.27. The number of ether oxygens (including phenoxy) is 3. The van der Waals surface area contributed by atoms with Gasteiger partial charge in [-0.25, -0.2) is 19.6 Å². The number of aromatic nitrogens is 2. The molecule has 8 nitrogen and oxygen atoms in total. The predicted molar refractivity (Wildman–Crippen MR) is 166 cm³/mol. The highest BCUT2D eigenvalue weighted by Crippen LogP contribution is 2.30. The molecule has 0 spiro atoms. The second-order valence-electron chi connectivity index (χ2n) is 10.1. The second-order valence-corrected chi connectivity index (χ2v) is 10.1. The first kappa shape index (κ1) is 34.2. The van der Waals surface area contributed by atoms with Gasteiger partial charge in [-0.3, -0.25) is 0 Å². The number of carbonyl (C=O) groups excluding carboxylic acids is 1. The number of fused-ring (bicyclic) bond motifs is 2. The van der Waals surface area contributed by atoms with Gasteiger partial charge >= 0.3 is 24.7 Å². The van der Waals surface area contributed by atoms with E-state index in [-0.39, 0.29) is 28.1 Å². The van der Waals surface area contributed by atoms with Crippen molar-refractivity contribution in [1.29, 1.82) is 0 Å². The van der Waals surface area contributed by atoms with Gasteiger partial charge in [0.2, 0.25) is 0 Å². The van der Waals surface area contributed by atoms with E-state index in [4.69, 9.17) is 4.74 Å². The van der Waals surface area contributed by atoms with E-state index in [9.17, 15) is 41.0 Å². The summed E-state index contributed by atoms with van der Waals surface area (Å²) in [5.74, 6) is -2.37. The molecule has 0 fully saturated rings. The highest BCUT2D eigenvalue weighted by Gasteiger charge is 2.32. The summed E-state index contributed by atoms with van der Waals surface area (Å²) in [6.07, 6.45) is -9.56. The fourth-order valence-electron chi connectivity index (χ4n) is 4.77. The summed E-state index contributed by atoms with van der Waals surface area (Å²) < 4.78 is 86.7. The minimum atomic E-state index is -4.79. The monoisotopic (exact) mass is 680 g/mol. The van der Waals surface area contributed by atoms with E-state index in [0.717, 1.165) is 0 Å². The normalized spacial score (nSPS) is 11.4. The van der Waals surface area contributed by atoms with Crippen LogP contribution in [0.2, 0.25) is 0 Å². The molecule has 0 unspecified atom stereocenters. The van der Waals surface area contributed by atoms with Crippen molar-refractivity contribution < 1.29 is 55.2 Å². The molecule has 49 heavy (non-hydrogen) atoms. The van der Waals surface area contributed by atoms with Gasteiger partial charge in [-0.1, -0.05) is 60.7 Å². The molecular formula is C35H22F6N2O6. The molecule has 6 aromatic rings. The number of esters is 1. The zero-order valence-electron chi connectivity index (χ0n) is 25.0. The number of rotatable bonds is 6. The van der Waals surface area contributed by atoms with E-state index in [1.807, 2.05) is 0 Å². The summed E-state index contributed by atoms with van der Waals surface area (Å²) >= 11 is 0. The zero-order valence-corrected chi connectivity index (χ0v) is 25.0. The van der Waals surface area contributed by atoms with E-state index < -0.39 is 24.7 Å². The highest BCUT2D eigenvalue weighted by molar-refractivity contribution is 6.03. The quantitative estimate of drug-likeness (QED) is 0.137. The van der Waals surface area contributed by atoms with Crippen molar-refractivity contribution in [3.05, 3.63) is 120 Å². The minimum Gasteiger partial charge on any atom is -0.478 e. The van der Waals surface area contributed by atoms with E-state index in [1.54, 1.807) is 66.7 Å². The summed E-state index contributed by atoms with van der Waals surface area (Å²) in [4.78, 5) is 31.9. The van der Waals surface area contributed by atoms with Gasteiger partial charge in [0.1, 0.15) is 11.5 Å². The lowest BCUT2D eigenvalue weighted by molar-refractivity contribution is -0.275. The number of carbonyl (C=O) groups is 2. The van der Waals surface area contributed by atoms with E-state index in [2.05, 4.69) is 19.4 Å². The number of nitrogens with zero attached hydrogens (tertiary/aromatic N) is 2. The molecule has 0 bridgehead atoms. The van der Waals surface area contributed by atoms with Crippen molar-refractivity contribution in [1.82, 2.24) is 9.97 Å². The van der Waals surface area contributed by atoms with Crippen LogP contribution in [0.15, 0.2) is 109 Å². The number of methoxy groups -OCH3 is 1. The number of alkyl halides is 6.